The lowest BCUT2D eigenvalue weighted by atomic mass is 10.0. The van der Waals surface area contributed by atoms with Gasteiger partial charge in [0.2, 0.25) is 11.9 Å². The van der Waals surface area contributed by atoms with Gasteiger partial charge in [0.25, 0.3) is 0 Å². The van der Waals surface area contributed by atoms with E-state index in [1.54, 1.807) is 12.3 Å². The summed E-state index contributed by atoms with van der Waals surface area (Å²) in [7, 11) is 0. The zero-order chi connectivity index (χ0) is 25.6. The van der Waals surface area contributed by atoms with Crippen LogP contribution in [0.2, 0.25) is 5.02 Å². The molecule has 0 bridgehead atoms. The van der Waals surface area contributed by atoms with Crippen molar-refractivity contribution in [1.82, 2.24) is 19.9 Å². The van der Waals surface area contributed by atoms with Crippen LogP contribution in [0.3, 0.4) is 0 Å². The second-order valence-corrected chi connectivity index (χ2v) is 9.56. The predicted molar refractivity (Wildman–Crippen MR) is 150 cm³/mol. The van der Waals surface area contributed by atoms with E-state index in [1.165, 1.54) is 11.6 Å². The Labute approximate surface area is 220 Å². The molecule has 1 amide bonds. The maximum atomic E-state index is 11.8. The fourth-order valence-corrected chi connectivity index (χ4v) is 4.81. The van der Waals surface area contributed by atoms with Gasteiger partial charge in [-0.2, -0.15) is 0 Å². The van der Waals surface area contributed by atoms with E-state index >= 15 is 0 Å². The number of H-pyrrole nitrogens is 1. The number of benzene rings is 2. The highest BCUT2D eigenvalue weighted by molar-refractivity contribution is 6.33. The molecular formula is C28H30ClN7O. The number of carbonyl (C=O) groups is 1. The van der Waals surface area contributed by atoms with E-state index in [0.29, 0.717) is 23.6 Å². The average Bonchev–Trinajstić information content (AvgIpc) is 3.35. The summed E-state index contributed by atoms with van der Waals surface area (Å²) in [5.41, 5.74) is 10.1. The number of rotatable bonds is 8. The molecule has 5 N–H and O–H groups in total. The molecule has 0 unspecified atom stereocenters. The van der Waals surface area contributed by atoms with Crippen LogP contribution in [-0.4, -0.2) is 51.4 Å². The van der Waals surface area contributed by atoms with Crippen LogP contribution >= 0.6 is 11.6 Å². The van der Waals surface area contributed by atoms with Gasteiger partial charge in [-0.25, -0.2) is 9.97 Å². The molecular weight excluding hydrogens is 486 g/mol. The van der Waals surface area contributed by atoms with Gasteiger partial charge >= 0.3 is 0 Å². The van der Waals surface area contributed by atoms with Crippen molar-refractivity contribution in [2.75, 3.05) is 30.3 Å². The molecule has 0 aliphatic carbocycles. The van der Waals surface area contributed by atoms with Gasteiger partial charge in [-0.3, -0.25) is 9.69 Å². The molecule has 190 valence electrons. The van der Waals surface area contributed by atoms with Crippen molar-refractivity contribution < 1.29 is 4.79 Å². The maximum Gasteiger partial charge on any atom is 0.248 e. The number of anilines is 2. The molecule has 5 rings (SSSR count). The Bertz CT molecular complexity index is 1390. The third kappa shape index (κ3) is 6.17. The second-order valence-electron chi connectivity index (χ2n) is 9.16. The van der Waals surface area contributed by atoms with Crippen LogP contribution in [-0.2, 0) is 11.3 Å². The molecule has 0 atom stereocenters. The molecule has 1 fully saturated rings. The summed E-state index contributed by atoms with van der Waals surface area (Å²) in [5, 5.41) is 7.96. The van der Waals surface area contributed by atoms with Crippen LogP contribution in [0.1, 0.15) is 18.4 Å². The van der Waals surface area contributed by atoms with Crippen molar-refractivity contribution in [3.05, 3.63) is 83.7 Å². The fourth-order valence-electron chi connectivity index (χ4n) is 4.62. The Kier molecular flexibility index (Phi) is 7.79. The van der Waals surface area contributed by atoms with E-state index in [1.807, 2.05) is 36.5 Å². The minimum atomic E-state index is -0.175. The quantitative estimate of drug-likeness (QED) is 0.251. The first kappa shape index (κ1) is 25.0. The van der Waals surface area contributed by atoms with E-state index in [-0.39, 0.29) is 5.91 Å². The molecule has 0 spiro atoms. The van der Waals surface area contributed by atoms with Crippen molar-refractivity contribution in [2.45, 2.75) is 25.4 Å². The van der Waals surface area contributed by atoms with E-state index in [0.717, 1.165) is 60.3 Å². The monoisotopic (exact) mass is 515 g/mol. The Morgan fingerprint density at radius 2 is 1.95 bits per heavy atom. The van der Waals surface area contributed by atoms with Crippen LogP contribution in [0, 0.1) is 0 Å². The summed E-state index contributed by atoms with van der Waals surface area (Å²) in [5.74, 6) is 0.424. The van der Waals surface area contributed by atoms with Gasteiger partial charge in [0, 0.05) is 66.6 Å². The molecule has 1 aliphatic rings. The fraction of sp³-hybridized carbons (Fsp3) is 0.250. The van der Waals surface area contributed by atoms with Crippen LogP contribution in [0.5, 0.6) is 0 Å². The first-order valence-electron chi connectivity index (χ1n) is 12.4. The molecule has 1 aliphatic heterocycles. The van der Waals surface area contributed by atoms with Crippen molar-refractivity contribution in [3.63, 3.8) is 0 Å². The number of nitrogens with zero attached hydrogens (tertiary/aromatic N) is 3. The minimum absolute atomic E-state index is 0.175. The van der Waals surface area contributed by atoms with E-state index in [9.17, 15) is 4.79 Å². The molecule has 0 radical (unpaired) electrons. The van der Waals surface area contributed by atoms with Crippen molar-refractivity contribution >= 4 is 40.0 Å². The first-order chi connectivity index (χ1) is 18.1. The van der Waals surface area contributed by atoms with Crippen LogP contribution in [0.15, 0.2) is 73.1 Å². The third-order valence-electron chi connectivity index (χ3n) is 6.54. The maximum absolute atomic E-state index is 11.8. The first-order valence-corrected chi connectivity index (χ1v) is 12.8. The lowest BCUT2D eigenvalue weighted by molar-refractivity contribution is -0.111. The van der Waals surface area contributed by atoms with Crippen LogP contribution < -0.4 is 16.4 Å². The highest BCUT2D eigenvalue weighted by atomic mass is 35.5. The number of aromatic nitrogens is 3. The molecule has 1 saturated heterocycles. The SMILES string of the molecule is NCC=CC(=O)Nc1ccc(CN2CCC(Nc3ncc(Cl)c(-c4c[nH]c5ccccc45)n3)CC2)cc1. The van der Waals surface area contributed by atoms with Crippen LogP contribution in [0.4, 0.5) is 11.6 Å². The highest BCUT2D eigenvalue weighted by Crippen LogP contribution is 2.32. The summed E-state index contributed by atoms with van der Waals surface area (Å²) >= 11 is 6.48. The van der Waals surface area contributed by atoms with Crippen LogP contribution in [0.25, 0.3) is 22.2 Å². The lowest BCUT2D eigenvalue weighted by Crippen LogP contribution is -2.39. The summed E-state index contributed by atoms with van der Waals surface area (Å²) in [6.07, 6.45) is 8.69. The molecule has 3 heterocycles. The smallest absolute Gasteiger partial charge is 0.248 e. The van der Waals surface area contributed by atoms with E-state index in [4.69, 9.17) is 22.3 Å². The second kappa shape index (κ2) is 11.6. The summed E-state index contributed by atoms with van der Waals surface area (Å²) in [6, 6.07) is 16.4. The number of nitrogens with two attached hydrogens (primary N) is 1. The molecule has 8 nitrogen and oxygen atoms in total. The zero-order valence-corrected chi connectivity index (χ0v) is 21.2. The van der Waals surface area contributed by atoms with Crippen molar-refractivity contribution in [2.24, 2.45) is 5.73 Å². The number of nitrogens with one attached hydrogen (secondary N) is 3. The summed E-state index contributed by atoms with van der Waals surface area (Å²) in [4.78, 5) is 26.7. The third-order valence-corrected chi connectivity index (χ3v) is 6.82. The van der Waals surface area contributed by atoms with Gasteiger partial charge in [-0.15, -0.1) is 0 Å². The number of carbonyl (C=O) groups excluding carboxylic acids is 1. The number of amides is 1. The van der Waals surface area contributed by atoms with Gasteiger partial charge < -0.3 is 21.4 Å². The molecule has 37 heavy (non-hydrogen) atoms. The number of para-hydroxylation sites is 1. The summed E-state index contributed by atoms with van der Waals surface area (Å²) < 4.78 is 0. The van der Waals surface area contributed by atoms with Gasteiger partial charge in [-0.05, 0) is 36.6 Å². The van der Waals surface area contributed by atoms with E-state index in [2.05, 4.69) is 43.7 Å². The molecule has 2 aromatic carbocycles. The number of halogens is 1. The van der Waals surface area contributed by atoms with Gasteiger partial charge in [-0.1, -0.05) is 48.0 Å². The average molecular weight is 516 g/mol. The Hall–Kier alpha value is -3.72. The van der Waals surface area contributed by atoms with Crippen molar-refractivity contribution in [3.8, 4) is 11.3 Å². The number of piperidine rings is 1. The lowest BCUT2D eigenvalue weighted by Gasteiger charge is -2.32. The summed E-state index contributed by atoms with van der Waals surface area (Å²) in [6.45, 7) is 3.17. The van der Waals surface area contributed by atoms with Crippen molar-refractivity contribution in [1.29, 1.82) is 0 Å². The molecule has 2 aromatic heterocycles. The molecule has 4 aromatic rings. The topological polar surface area (TPSA) is 112 Å². The number of hydrogen-bond acceptors (Lipinski definition) is 6. The number of aromatic amines is 1. The zero-order valence-electron chi connectivity index (χ0n) is 20.5. The molecule has 0 saturated carbocycles. The number of fused-ring (bicyclic) bond motifs is 1. The van der Waals surface area contributed by atoms with Gasteiger partial charge in [0.1, 0.15) is 0 Å². The number of hydrogen-bond donors (Lipinski definition) is 4. The highest BCUT2D eigenvalue weighted by Gasteiger charge is 2.21. The normalized spacial score (nSPS) is 14.9. The van der Waals surface area contributed by atoms with E-state index < -0.39 is 0 Å². The Balaban J connectivity index is 1.15. The number of likely N-dealkylation sites (tertiary alicyclic amines) is 1. The Morgan fingerprint density at radius 1 is 1.16 bits per heavy atom. The van der Waals surface area contributed by atoms with Gasteiger partial charge in [0.05, 0.1) is 16.9 Å². The Morgan fingerprint density at radius 3 is 2.73 bits per heavy atom. The standard InChI is InChI=1S/C28H30ClN7O/c29-24-17-32-28(35-27(24)23-16-31-25-5-2-1-4-22(23)25)34-21-11-14-36(15-12-21)18-19-7-9-20(10-8-19)33-26(37)6-3-13-30/h1-10,16-17,21,31H,11-15,18,30H2,(H,33,37)(H,32,34,35). The predicted octanol–water partition coefficient (Wildman–Crippen LogP) is 4.81. The molecule has 9 heteroatoms. The minimum Gasteiger partial charge on any atom is -0.360 e. The largest absolute Gasteiger partial charge is 0.360 e. The van der Waals surface area contributed by atoms with Gasteiger partial charge in [0.15, 0.2) is 0 Å².